The summed E-state index contributed by atoms with van der Waals surface area (Å²) in [7, 11) is 0. The SMILES string of the molecule is CCC1(C)NC(=O)N(CC(=O)N2CCCC2c2nc3ccccc3s2)C1=O. The topological polar surface area (TPSA) is 82.6 Å². The molecule has 0 saturated carbocycles. The molecule has 2 atom stereocenters. The molecule has 2 aromatic rings. The lowest BCUT2D eigenvalue weighted by Crippen LogP contribution is -2.45. The maximum Gasteiger partial charge on any atom is 0.325 e. The fourth-order valence-corrected chi connectivity index (χ4v) is 4.83. The quantitative estimate of drug-likeness (QED) is 0.819. The Morgan fingerprint density at radius 2 is 2.15 bits per heavy atom. The lowest BCUT2D eigenvalue weighted by Gasteiger charge is -2.25. The first-order chi connectivity index (χ1) is 12.9. The molecule has 3 heterocycles. The van der Waals surface area contributed by atoms with Gasteiger partial charge in [0.2, 0.25) is 5.91 Å². The van der Waals surface area contributed by atoms with E-state index < -0.39 is 11.6 Å². The van der Waals surface area contributed by atoms with Crippen LogP contribution in [0, 0.1) is 0 Å². The zero-order valence-electron chi connectivity index (χ0n) is 15.4. The minimum Gasteiger partial charge on any atom is -0.332 e. The normalized spacial score (nSPS) is 25.5. The molecule has 4 amide bonds. The second-order valence-electron chi connectivity index (χ2n) is 7.27. The third-order valence-electron chi connectivity index (χ3n) is 5.51. The van der Waals surface area contributed by atoms with Crippen LogP contribution in [-0.4, -0.2) is 51.3 Å². The predicted molar refractivity (Wildman–Crippen MR) is 102 cm³/mol. The Kier molecular flexibility index (Phi) is 4.38. The maximum atomic E-state index is 12.9. The van der Waals surface area contributed by atoms with Crippen molar-refractivity contribution < 1.29 is 14.4 Å². The first-order valence-corrected chi connectivity index (χ1v) is 10.0. The van der Waals surface area contributed by atoms with E-state index in [9.17, 15) is 14.4 Å². The summed E-state index contributed by atoms with van der Waals surface area (Å²) in [6, 6.07) is 7.34. The Bertz CT molecular complexity index is 894. The van der Waals surface area contributed by atoms with Crippen molar-refractivity contribution in [1.82, 2.24) is 20.1 Å². The highest BCUT2D eigenvalue weighted by Gasteiger charge is 2.47. The number of likely N-dealkylation sites (tertiary alicyclic amines) is 1. The molecule has 1 aromatic heterocycles. The van der Waals surface area contributed by atoms with Gasteiger partial charge in [-0.3, -0.25) is 14.5 Å². The number of rotatable bonds is 4. The van der Waals surface area contributed by atoms with Gasteiger partial charge in [0.15, 0.2) is 0 Å². The average Bonchev–Trinajstić information content (AvgIpc) is 3.35. The minimum absolute atomic E-state index is 0.0896. The van der Waals surface area contributed by atoms with E-state index in [1.165, 1.54) is 0 Å². The number of hydrogen-bond acceptors (Lipinski definition) is 5. The van der Waals surface area contributed by atoms with Gasteiger partial charge < -0.3 is 10.2 Å². The van der Waals surface area contributed by atoms with Gasteiger partial charge in [-0.2, -0.15) is 0 Å². The molecule has 2 fully saturated rings. The van der Waals surface area contributed by atoms with Crippen LogP contribution in [0.3, 0.4) is 0 Å². The van der Waals surface area contributed by atoms with E-state index in [0.29, 0.717) is 13.0 Å². The Morgan fingerprint density at radius 3 is 2.85 bits per heavy atom. The van der Waals surface area contributed by atoms with Crippen LogP contribution in [-0.2, 0) is 9.59 Å². The smallest absolute Gasteiger partial charge is 0.325 e. The number of aromatic nitrogens is 1. The zero-order chi connectivity index (χ0) is 19.2. The molecule has 2 aliphatic rings. The molecule has 1 aromatic carbocycles. The lowest BCUT2D eigenvalue weighted by atomic mass is 9.99. The van der Waals surface area contributed by atoms with E-state index in [0.717, 1.165) is 33.0 Å². The number of hydrogen-bond donors (Lipinski definition) is 1. The minimum atomic E-state index is -0.922. The number of fused-ring (bicyclic) bond motifs is 1. The number of thiazole rings is 1. The Morgan fingerprint density at radius 1 is 1.37 bits per heavy atom. The standard InChI is InChI=1S/C19H22N4O3S/c1-3-19(2)17(25)23(18(26)21-19)11-15(24)22-10-6-8-13(22)16-20-12-7-4-5-9-14(12)27-16/h4-5,7,9,13H,3,6,8,10-11H2,1-2H3,(H,21,26). The number of urea groups is 1. The average molecular weight is 386 g/mol. The molecule has 8 heteroatoms. The number of amides is 4. The molecule has 0 aliphatic carbocycles. The molecule has 0 radical (unpaired) electrons. The maximum absolute atomic E-state index is 12.9. The van der Waals surface area contributed by atoms with Crippen molar-refractivity contribution >= 4 is 39.4 Å². The van der Waals surface area contributed by atoms with Gasteiger partial charge in [-0.15, -0.1) is 11.3 Å². The van der Waals surface area contributed by atoms with E-state index in [1.807, 2.05) is 31.2 Å². The molecule has 2 unspecified atom stereocenters. The third kappa shape index (κ3) is 2.97. The van der Waals surface area contributed by atoms with Crippen molar-refractivity contribution in [3.63, 3.8) is 0 Å². The van der Waals surface area contributed by atoms with Crippen LogP contribution in [0.4, 0.5) is 4.79 Å². The van der Waals surface area contributed by atoms with E-state index in [1.54, 1.807) is 23.2 Å². The molecule has 27 heavy (non-hydrogen) atoms. The summed E-state index contributed by atoms with van der Waals surface area (Å²) in [5, 5.41) is 3.61. The van der Waals surface area contributed by atoms with Gasteiger partial charge in [0.05, 0.1) is 16.3 Å². The Hall–Kier alpha value is -2.48. The van der Waals surface area contributed by atoms with Gasteiger partial charge in [-0.05, 0) is 38.3 Å². The number of carbonyl (C=O) groups is 3. The van der Waals surface area contributed by atoms with Gasteiger partial charge in [-0.25, -0.2) is 9.78 Å². The van der Waals surface area contributed by atoms with E-state index >= 15 is 0 Å². The number of nitrogens with one attached hydrogen (secondary N) is 1. The van der Waals surface area contributed by atoms with Crippen LogP contribution in [0.15, 0.2) is 24.3 Å². The Labute approximate surface area is 161 Å². The van der Waals surface area contributed by atoms with Crippen LogP contribution in [0.5, 0.6) is 0 Å². The third-order valence-corrected chi connectivity index (χ3v) is 6.65. The molecule has 1 N–H and O–H groups in total. The van der Waals surface area contributed by atoms with Crippen LogP contribution in [0.2, 0.25) is 0 Å². The van der Waals surface area contributed by atoms with Crippen molar-refractivity contribution in [2.45, 2.75) is 44.7 Å². The molecular formula is C19H22N4O3S. The zero-order valence-corrected chi connectivity index (χ0v) is 16.2. The second kappa shape index (κ2) is 6.60. The summed E-state index contributed by atoms with van der Waals surface area (Å²) >= 11 is 1.60. The van der Waals surface area contributed by atoms with Gasteiger partial charge in [-0.1, -0.05) is 19.1 Å². The molecule has 0 bridgehead atoms. The summed E-state index contributed by atoms with van der Waals surface area (Å²) in [6.45, 7) is 3.93. The summed E-state index contributed by atoms with van der Waals surface area (Å²) in [5.41, 5.74) is 0.0130. The summed E-state index contributed by atoms with van der Waals surface area (Å²) < 4.78 is 1.10. The molecule has 0 spiro atoms. The first-order valence-electron chi connectivity index (χ1n) is 9.22. The molecule has 4 rings (SSSR count). The highest BCUT2D eigenvalue weighted by Crippen LogP contribution is 2.36. The Balaban J connectivity index is 1.53. The van der Waals surface area contributed by atoms with Crippen LogP contribution < -0.4 is 5.32 Å². The van der Waals surface area contributed by atoms with E-state index in [-0.39, 0.29) is 24.4 Å². The second-order valence-corrected chi connectivity index (χ2v) is 8.33. The number of nitrogens with zero attached hydrogens (tertiary/aromatic N) is 3. The largest absolute Gasteiger partial charge is 0.332 e. The van der Waals surface area contributed by atoms with E-state index in [4.69, 9.17) is 4.98 Å². The van der Waals surface area contributed by atoms with Gasteiger partial charge in [0, 0.05) is 6.54 Å². The number of para-hydroxylation sites is 1. The fourth-order valence-electron chi connectivity index (χ4n) is 3.71. The van der Waals surface area contributed by atoms with Gasteiger partial charge >= 0.3 is 6.03 Å². The number of benzene rings is 1. The van der Waals surface area contributed by atoms with Crippen molar-refractivity contribution in [2.24, 2.45) is 0 Å². The summed E-state index contributed by atoms with van der Waals surface area (Å²) in [5.74, 6) is -0.542. The number of imide groups is 1. The van der Waals surface area contributed by atoms with Crippen molar-refractivity contribution in [3.05, 3.63) is 29.3 Å². The molecule has 2 saturated heterocycles. The highest BCUT2D eigenvalue weighted by atomic mass is 32.1. The molecule has 142 valence electrons. The monoisotopic (exact) mass is 386 g/mol. The summed E-state index contributed by atoms with van der Waals surface area (Å²) in [6.07, 6.45) is 2.22. The lowest BCUT2D eigenvalue weighted by molar-refractivity contribution is -0.139. The van der Waals surface area contributed by atoms with Gasteiger partial charge in [0.25, 0.3) is 5.91 Å². The highest BCUT2D eigenvalue weighted by molar-refractivity contribution is 7.18. The van der Waals surface area contributed by atoms with Crippen molar-refractivity contribution in [3.8, 4) is 0 Å². The van der Waals surface area contributed by atoms with Crippen LogP contribution in [0.25, 0.3) is 10.2 Å². The first kappa shape index (κ1) is 17.9. The van der Waals surface area contributed by atoms with E-state index in [2.05, 4.69) is 5.32 Å². The predicted octanol–water partition coefficient (Wildman–Crippen LogP) is 2.68. The fraction of sp³-hybridized carbons (Fsp3) is 0.474. The molecule has 7 nitrogen and oxygen atoms in total. The van der Waals surface area contributed by atoms with Crippen LogP contribution in [0.1, 0.15) is 44.2 Å². The van der Waals surface area contributed by atoms with Crippen LogP contribution >= 0.6 is 11.3 Å². The molecular weight excluding hydrogens is 364 g/mol. The number of carbonyl (C=O) groups excluding carboxylic acids is 3. The van der Waals surface area contributed by atoms with Crippen molar-refractivity contribution in [2.75, 3.05) is 13.1 Å². The molecule has 2 aliphatic heterocycles. The van der Waals surface area contributed by atoms with Crippen molar-refractivity contribution in [1.29, 1.82) is 0 Å². The summed E-state index contributed by atoms with van der Waals surface area (Å²) in [4.78, 5) is 45.2. The van der Waals surface area contributed by atoms with Gasteiger partial charge in [0.1, 0.15) is 17.1 Å².